The van der Waals surface area contributed by atoms with Crippen LogP contribution in [0.5, 0.6) is 0 Å². The molecule has 0 aromatic rings. The molecule has 2 atom stereocenters. The molecule has 2 unspecified atom stereocenters. The van der Waals surface area contributed by atoms with Crippen LogP contribution in [0, 0.1) is 11.3 Å². The maximum Gasteiger partial charge on any atom is 0.0785 e. The van der Waals surface area contributed by atoms with E-state index in [-0.39, 0.29) is 17.6 Å². The number of nitrogens with one attached hydrogen (secondary N) is 1. The van der Waals surface area contributed by atoms with Crippen molar-refractivity contribution in [2.24, 2.45) is 17.2 Å². The number of hydrogen-bond acceptors (Lipinski definition) is 3. The standard InChI is InChI=1S/C13H30N2O/c1-7-10(8-2)9-11(15-14)12(16-6)13(3,4)5/h10-12,15H,7-9,14H2,1-6H3. The lowest BCUT2D eigenvalue weighted by molar-refractivity contribution is -0.0172. The molecule has 3 N–H and O–H groups in total. The van der Waals surface area contributed by atoms with Crippen molar-refractivity contribution < 1.29 is 4.74 Å². The smallest absolute Gasteiger partial charge is 0.0785 e. The third kappa shape index (κ3) is 4.81. The highest BCUT2D eigenvalue weighted by Gasteiger charge is 2.32. The molecule has 0 aliphatic heterocycles. The number of methoxy groups -OCH3 is 1. The molecule has 0 heterocycles. The van der Waals surface area contributed by atoms with E-state index in [0.717, 1.165) is 12.3 Å². The van der Waals surface area contributed by atoms with Gasteiger partial charge in [-0.15, -0.1) is 0 Å². The fourth-order valence-corrected chi connectivity index (χ4v) is 2.38. The third-order valence-electron chi connectivity index (χ3n) is 3.43. The summed E-state index contributed by atoms with van der Waals surface area (Å²) in [6.07, 6.45) is 3.64. The van der Waals surface area contributed by atoms with Gasteiger partial charge in [-0.2, -0.15) is 0 Å². The fourth-order valence-electron chi connectivity index (χ4n) is 2.38. The van der Waals surface area contributed by atoms with Gasteiger partial charge in [0.25, 0.3) is 0 Å². The van der Waals surface area contributed by atoms with Gasteiger partial charge in [-0.1, -0.05) is 47.5 Å². The lowest BCUT2D eigenvalue weighted by atomic mass is 9.80. The van der Waals surface area contributed by atoms with E-state index in [4.69, 9.17) is 10.6 Å². The van der Waals surface area contributed by atoms with Crippen LogP contribution in [0.25, 0.3) is 0 Å². The Morgan fingerprint density at radius 2 is 1.69 bits per heavy atom. The first kappa shape index (κ1) is 15.9. The molecule has 98 valence electrons. The number of rotatable bonds is 7. The van der Waals surface area contributed by atoms with Gasteiger partial charge in [-0.3, -0.25) is 11.3 Å². The van der Waals surface area contributed by atoms with E-state index in [1.165, 1.54) is 12.8 Å². The van der Waals surface area contributed by atoms with Crippen LogP contribution in [0.4, 0.5) is 0 Å². The highest BCUT2D eigenvalue weighted by molar-refractivity contribution is 4.86. The lowest BCUT2D eigenvalue weighted by Gasteiger charge is -2.37. The summed E-state index contributed by atoms with van der Waals surface area (Å²) in [5, 5.41) is 0. The SMILES string of the molecule is CCC(CC)CC(NN)C(OC)C(C)(C)C. The van der Waals surface area contributed by atoms with Gasteiger partial charge in [0, 0.05) is 13.2 Å². The predicted molar refractivity (Wildman–Crippen MR) is 70.1 cm³/mol. The molecule has 16 heavy (non-hydrogen) atoms. The zero-order valence-electron chi connectivity index (χ0n) is 11.8. The van der Waals surface area contributed by atoms with Crippen molar-refractivity contribution >= 4 is 0 Å². The van der Waals surface area contributed by atoms with Crippen LogP contribution in [0.1, 0.15) is 53.9 Å². The molecule has 3 heteroatoms. The second-order valence-electron chi connectivity index (χ2n) is 5.71. The topological polar surface area (TPSA) is 47.3 Å². The summed E-state index contributed by atoms with van der Waals surface area (Å²) in [6.45, 7) is 11.1. The number of ether oxygens (including phenoxy) is 1. The summed E-state index contributed by atoms with van der Waals surface area (Å²) < 4.78 is 5.62. The van der Waals surface area contributed by atoms with Gasteiger partial charge in [0.1, 0.15) is 0 Å². The van der Waals surface area contributed by atoms with E-state index in [2.05, 4.69) is 40.0 Å². The minimum atomic E-state index is 0.109. The molecular weight excluding hydrogens is 200 g/mol. The van der Waals surface area contributed by atoms with E-state index in [9.17, 15) is 0 Å². The molecule has 0 saturated carbocycles. The summed E-state index contributed by atoms with van der Waals surface area (Å²) in [5.41, 5.74) is 3.04. The lowest BCUT2D eigenvalue weighted by Crippen LogP contribution is -2.51. The second-order valence-corrected chi connectivity index (χ2v) is 5.71. The third-order valence-corrected chi connectivity index (χ3v) is 3.43. The zero-order valence-corrected chi connectivity index (χ0v) is 11.8. The van der Waals surface area contributed by atoms with Gasteiger partial charge in [-0.05, 0) is 17.8 Å². The summed E-state index contributed by atoms with van der Waals surface area (Å²) >= 11 is 0. The monoisotopic (exact) mass is 230 g/mol. The average Bonchev–Trinajstić information content (AvgIpc) is 2.22. The maximum atomic E-state index is 5.67. The first-order valence-electron chi connectivity index (χ1n) is 6.39. The van der Waals surface area contributed by atoms with Crippen LogP contribution in [-0.2, 0) is 4.74 Å². The Morgan fingerprint density at radius 3 is 1.94 bits per heavy atom. The maximum absolute atomic E-state index is 5.67. The summed E-state index contributed by atoms with van der Waals surface area (Å²) in [6, 6.07) is 0.231. The Balaban J connectivity index is 4.56. The van der Waals surface area contributed by atoms with Crippen molar-refractivity contribution in [2.75, 3.05) is 7.11 Å². The van der Waals surface area contributed by atoms with Crippen molar-refractivity contribution in [3.63, 3.8) is 0 Å². The van der Waals surface area contributed by atoms with Gasteiger partial charge in [0.15, 0.2) is 0 Å². The second kappa shape index (κ2) is 7.25. The number of nitrogens with two attached hydrogens (primary N) is 1. The largest absolute Gasteiger partial charge is 0.379 e. The van der Waals surface area contributed by atoms with E-state index in [1.807, 2.05) is 0 Å². The molecule has 0 aliphatic carbocycles. The van der Waals surface area contributed by atoms with Crippen molar-refractivity contribution in [3.8, 4) is 0 Å². The quantitative estimate of drug-likeness (QED) is 0.522. The van der Waals surface area contributed by atoms with Crippen LogP contribution in [0.15, 0.2) is 0 Å². The summed E-state index contributed by atoms with van der Waals surface area (Å²) in [5.74, 6) is 6.40. The van der Waals surface area contributed by atoms with Crippen molar-refractivity contribution in [3.05, 3.63) is 0 Å². The fraction of sp³-hybridized carbons (Fsp3) is 1.00. The Kier molecular flexibility index (Phi) is 7.20. The first-order chi connectivity index (χ1) is 7.40. The van der Waals surface area contributed by atoms with Gasteiger partial charge in [-0.25, -0.2) is 0 Å². The van der Waals surface area contributed by atoms with E-state index in [0.29, 0.717) is 0 Å². The molecule has 0 aromatic heterocycles. The van der Waals surface area contributed by atoms with E-state index in [1.54, 1.807) is 7.11 Å². The molecule has 0 aliphatic rings. The molecular formula is C13H30N2O. The van der Waals surface area contributed by atoms with E-state index >= 15 is 0 Å². The average molecular weight is 230 g/mol. The molecule has 0 fully saturated rings. The number of hydrazine groups is 1. The molecule has 0 saturated heterocycles. The molecule has 0 radical (unpaired) electrons. The molecule has 0 spiro atoms. The molecule has 0 amide bonds. The minimum absolute atomic E-state index is 0.109. The van der Waals surface area contributed by atoms with Crippen molar-refractivity contribution in [1.29, 1.82) is 0 Å². The van der Waals surface area contributed by atoms with Crippen LogP contribution >= 0.6 is 0 Å². The van der Waals surface area contributed by atoms with Crippen molar-refractivity contribution in [2.45, 2.75) is 66.0 Å². The Bertz CT molecular complexity index is 173. The molecule has 0 rings (SSSR count). The van der Waals surface area contributed by atoms with Gasteiger partial charge in [0.2, 0.25) is 0 Å². The summed E-state index contributed by atoms with van der Waals surface area (Å²) in [7, 11) is 1.77. The van der Waals surface area contributed by atoms with Gasteiger partial charge >= 0.3 is 0 Å². The van der Waals surface area contributed by atoms with E-state index < -0.39 is 0 Å². The Morgan fingerprint density at radius 1 is 1.19 bits per heavy atom. The molecule has 3 nitrogen and oxygen atoms in total. The zero-order chi connectivity index (χ0) is 12.8. The molecule has 0 aromatic carbocycles. The Hall–Kier alpha value is -0.120. The van der Waals surface area contributed by atoms with Crippen LogP contribution < -0.4 is 11.3 Å². The normalized spacial score (nSPS) is 16.5. The number of hydrogen-bond donors (Lipinski definition) is 2. The van der Waals surface area contributed by atoms with Crippen LogP contribution in [0.3, 0.4) is 0 Å². The van der Waals surface area contributed by atoms with Crippen LogP contribution in [-0.4, -0.2) is 19.3 Å². The van der Waals surface area contributed by atoms with Gasteiger partial charge in [0.05, 0.1) is 6.10 Å². The minimum Gasteiger partial charge on any atom is -0.379 e. The first-order valence-corrected chi connectivity index (χ1v) is 6.39. The molecule has 0 bridgehead atoms. The highest BCUT2D eigenvalue weighted by Crippen LogP contribution is 2.28. The summed E-state index contributed by atoms with van der Waals surface area (Å²) in [4.78, 5) is 0. The predicted octanol–water partition coefficient (Wildman–Crippen LogP) is 2.71. The van der Waals surface area contributed by atoms with Crippen LogP contribution in [0.2, 0.25) is 0 Å². The van der Waals surface area contributed by atoms with Crippen molar-refractivity contribution in [1.82, 2.24) is 5.43 Å². The Labute approximate surface area is 101 Å². The highest BCUT2D eigenvalue weighted by atomic mass is 16.5. The van der Waals surface area contributed by atoms with Gasteiger partial charge < -0.3 is 4.74 Å².